The van der Waals surface area contributed by atoms with E-state index in [-0.39, 0.29) is 24.5 Å². The van der Waals surface area contributed by atoms with Gasteiger partial charge in [0.2, 0.25) is 0 Å². The Kier molecular flexibility index (Phi) is 7.46. The second-order valence-corrected chi connectivity index (χ2v) is 8.63. The standard InChI is InChI=1S/C18H28N6O4P/c1-12(8-24-10-22-15-16(19)20-9-21-17(15)24)27-11-29(26)23-13(2)18(25)28-14-6-4-3-5-7-14/h9-10,12-14H,3-8,11H2,1-2H3,(H,23,26)(H2,19,20,21)/q+1. The number of rotatable bonds is 9. The maximum atomic E-state index is 12.3. The minimum absolute atomic E-state index is 0.0126. The van der Waals surface area contributed by atoms with E-state index in [2.05, 4.69) is 20.0 Å². The lowest BCUT2D eigenvalue weighted by Gasteiger charge is -2.22. The van der Waals surface area contributed by atoms with Crippen molar-refractivity contribution in [3.63, 3.8) is 0 Å². The highest BCUT2D eigenvalue weighted by atomic mass is 31.1. The van der Waals surface area contributed by atoms with Crippen molar-refractivity contribution in [1.82, 2.24) is 24.6 Å². The molecule has 0 aromatic carbocycles. The average Bonchev–Trinajstić information content (AvgIpc) is 3.11. The lowest BCUT2D eigenvalue weighted by Crippen LogP contribution is -2.35. The second-order valence-electron chi connectivity index (χ2n) is 7.36. The first-order valence-electron chi connectivity index (χ1n) is 9.88. The third-order valence-electron chi connectivity index (χ3n) is 4.89. The smallest absolute Gasteiger partial charge is 0.461 e. The molecule has 0 bridgehead atoms. The molecule has 2 aromatic heterocycles. The van der Waals surface area contributed by atoms with Gasteiger partial charge >= 0.3 is 13.9 Å². The molecule has 0 spiro atoms. The van der Waals surface area contributed by atoms with Gasteiger partial charge in [-0.3, -0.25) is 4.79 Å². The lowest BCUT2D eigenvalue weighted by atomic mass is 9.98. The number of hydrogen-bond donors (Lipinski definition) is 2. The first kappa shape index (κ1) is 21.5. The van der Waals surface area contributed by atoms with E-state index in [9.17, 15) is 9.36 Å². The van der Waals surface area contributed by atoms with E-state index < -0.39 is 14.0 Å². The topological polar surface area (TPSA) is 134 Å². The largest absolute Gasteiger partial charge is 0.461 e. The normalized spacial score (nSPS) is 17.8. The zero-order valence-corrected chi connectivity index (χ0v) is 17.7. The summed E-state index contributed by atoms with van der Waals surface area (Å²) < 4.78 is 25.2. The maximum absolute atomic E-state index is 12.3. The van der Waals surface area contributed by atoms with Gasteiger partial charge in [0.1, 0.15) is 24.0 Å². The van der Waals surface area contributed by atoms with E-state index in [1.807, 2.05) is 11.5 Å². The number of carbonyl (C=O) groups excluding carboxylic acids is 1. The van der Waals surface area contributed by atoms with Crippen LogP contribution in [0.3, 0.4) is 0 Å². The quantitative estimate of drug-likeness (QED) is 0.460. The molecule has 0 saturated heterocycles. The number of nitrogens with zero attached hydrogens (tertiary/aromatic N) is 4. The van der Waals surface area contributed by atoms with Crippen LogP contribution < -0.4 is 10.8 Å². The van der Waals surface area contributed by atoms with Crippen LogP contribution >= 0.6 is 7.95 Å². The summed E-state index contributed by atoms with van der Waals surface area (Å²) in [6, 6.07) is -0.642. The van der Waals surface area contributed by atoms with E-state index in [1.54, 1.807) is 13.3 Å². The molecule has 29 heavy (non-hydrogen) atoms. The van der Waals surface area contributed by atoms with Crippen molar-refractivity contribution >= 4 is 30.9 Å². The van der Waals surface area contributed by atoms with Crippen LogP contribution in [0, 0.1) is 0 Å². The van der Waals surface area contributed by atoms with Crippen molar-refractivity contribution in [2.24, 2.45) is 0 Å². The Bertz CT molecular complexity index is 854. The van der Waals surface area contributed by atoms with Gasteiger partial charge < -0.3 is 19.8 Å². The molecular weight excluding hydrogens is 395 g/mol. The van der Waals surface area contributed by atoms with E-state index >= 15 is 0 Å². The van der Waals surface area contributed by atoms with Crippen LogP contribution in [0.2, 0.25) is 0 Å². The lowest BCUT2D eigenvalue weighted by molar-refractivity contribution is -0.152. The zero-order valence-electron chi connectivity index (χ0n) is 16.8. The summed E-state index contributed by atoms with van der Waals surface area (Å²) >= 11 is 0. The summed E-state index contributed by atoms with van der Waals surface area (Å²) in [6.07, 6.45) is 7.92. The predicted octanol–water partition coefficient (Wildman–Crippen LogP) is 2.37. The number of nitrogens with one attached hydrogen (secondary N) is 1. The molecule has 11 heteroatoms. The van der Waals surface area contributed by atoms with Crippen LogP contribution in [-0.2, 0) is 25.4 Å². The molecule has 0 amide bonds. The summed E-state index contributed by atoms with van der Waals surface area (Å²) in [5.41, 5.74) is 6.95. The molecular formula is C18H28N6O4P+. The molecule has 1 aliphatic carbocycles. The monoisotopic (exact) mass is 423 g/mol. The third-order valence-corrected chi connectivity index (χ3v) is 5.94. The Labute approximate surface area is 170 Å². The molecule has 3 atom stereocenters. The summed E-state index contributed by atoms with van der Waals surface area (Å²) in [6.45, 7) is 3.99. The Morgan fingerprint density at radius 1 is 1.31 bits per heavy atom. The van der Waals surface area contributed by atoms with Gasteiger partial charge in [-0.05, 0) is 44.1 Å². The number of fused-ring (bicyclic) bond motifs is 1. The summed E-state index contributed by atoms with van der Waals surface area (Å²) in [7, 11) is -1.90. The molecule has 2 aromatic rings. The van der Waals surface area contributed by atoms with Gasteiger partial charge in [-0.25, -0.2) is 15.0 Å². The van der Waals surface area contributed by atoms with Gasteiger partial charge in [0.15, 0.2) is 11.5 Å². The number of aromatic nitrogens is 4. The van der Waals surface area contributed by atoms with E-state index in [1.165, 1.54) is 12.7 Å². The third kappa shape index (κ3) is 5.91. The SMILES string of the molecule is CC(Cn1cnc2c(N)ncnc21)OC[P+](=O)NC(C)C(=O)OC1CCCCC1. The fourth-order valence-electron chi connectivity index (χ4n) is 3.31. The van der Waals surface area contributed by atoms with Crippen molar-refractivity contribution < 1.29 is 18.8 Å². The first-order chi connectivity index (χ1) is 13.9. The summed E-state index contributed by atoms with van der Waals surface area (Å²) in [5.74, 6) is -0.0424. The van der Waals surface area contributed by atoms with Crippen molar-refractivity contribution in [1.29, 1.82) is 0 Å². The highest BCUT2D eigenvalue weighted by Gasteiger charge is 2.28. The average molecular weight is 423 g/mol. The molecule has 1 aliphatic rings. The minimum atomic E-state index is -1.90. The number of nitrogen functional groups attached to an aromatic ring is 1. The molecule has 1 fully saturated rings. The van der Waals surface area contributed by atoms with Gasteiger partial charge in [-0.15, -0.1) is 0 Å². The fraction of sp³-hybridized carbons (Fsp3) is 0.667. The van der Waals surface area contributed by atoms with Gasteiger partial charge in [0.05, 0.1) is 19.0 Å². The van der Waals surface area contributed by atoms with Gasteiger partial charge in [-0.2, -0.15) is 0 Å². The predicted molar refractivity (Wildman–Crippen MR) is 108 cm³/mol. The number of carbonyl (C=O) groups is 1. The van der Waals surface area contributed by atoms with Crippen molar-refractivity contribution in [2.45, 2.75) is 70.7 Å². The van der Waals surface area contributed by atoms with E-state index in [0.29, 0.717) is 23.5 Å². The molecule has 3 N–H and O–H groups in total. The van der Waals surface area contributed by atoms with E-state index in [0.717, 1.165) is 25.7 Å². The summed E-state index contributed by atoms with van der Waals surface area (Å²) in [4.78, 5) is 24.5. The van der Waals surface area contributed by atoms with Gasteiger partial charge in [0.25, 0.3) is 6.35 Å². The first-order valence-corrected chi connectivity index (χ1v) is 11.3. The molecule has 0 radical (unpaired) electrons. The van der Waals surface area contributed by atoms with Crippen molar-refractivity contribution in [2.75, 3.05) is 12.1 Å². The Balaban J connectivity index is 1.42. The van der Waals surface area contributed by atoms with Crippen LogP contribution in [0.1, 0.15) is 46.0 Å². The van der Waals surface area contributed by atoms with Crippen LogP contribution in [0.25, 0.3) is 11.2 Å². The highest BCUT2D eigenvalue weighted by molar-refractivity contribution is 7.42. The highest BCUT2D eigenvalue weighted by Crippen LogP contribution is 2.22. The number of ether oxygens (including phenoxy) is 2. The number of hydrogen-bond acceptors (Lipinski definition) is 8. The molecule has 3 unspecified atom stereocenters. The molecule has 10 nitrogen and oxygen atoms in total. The molecule has 1 saturated carbocycles. The van der Waals surface area contributed by atoms with Crippen molar-refractivity contribution in [3.8, 4) is 0 Å². The Morgan fingerprint density at radius 3 is 2.83 bits per heavy atom. The Hall–Kier alpha value is -2.16. The molecule has 2 heterocycles. The van der Waals surface area contributed by atoms with Gasteiger partial charge in [0, 0.05) is 0 Å². The van der Waals surface area contributed by atoms with E-state index in [4.69, 9.17) is 15.2 Å². The zero-order chi connectivity index (χ0) is 20.8. The number of esters is 1. The number of nitrogens with two attached hydrogens (primary N) is 1. The number of anilines is 1. The van der Waals surface area contributed by atoms with Crippen LogP contribution in [0.15, 0.2) is 12.7 Å². The molecule has 3 rings (SSSR count). The van der Waals surface area contributed by atoms with Crippen LogP contribution in [0.4, 0.5) is 5.82 Å². The van der Waals surface area contributed by atoms with Crippen molar-refractivity contribution in [3.05, 3.63) is 12.7 Å². The second kappa shape index (κ2) is 10.0. The Morgan fingerprint density at radius 2 is 2.07 bits per heavy atom. The summed E-state index contributed by atoms with van der Waals surface area (Å²) in [5, 5.41) is 2.77. The molecule has 158 valence electrons. The van der Waals surface area contributed by atoms with Crippen LogP contribution in [0.5, 0.6) is 0 Å². The van der Waals surface area contributed by atoms with Gasteiger partial charge in [-0.1, -0.05) is 11.5 Å². The number of imidazole rings is 1. The minimum Gasteiger partial charge on any atom is -0.461 e. The fourth-order valence-corrected chi connectivity index (χ4v) is 4.31. The van der Waals surface area contributed by atoms with Crippen LogP contribution in [-0.4, -0.2) is 50.1 Å². The maximum Gasteiger partial charge on any atom is 0.461 e. The molecule has 0 aliphatic heterocycles.